The van der Waals surface area contributed by atoms with Gasteiger partial charge in [0.25, 0.3) is 5.91 Å². The fraction of sp³-hybridized carbons (Fsp3) is 0.538. The van der Waals surface area contributed by atoms with Crippen LogP contribution in [0.3, 0.4) is 0 Å². The number of nitrogens with zero attached hydrogens (tertiary/aromatic N) is 2. The predicted octanol–water partition coefficient (Wildman–Crippen LogP) is 0.888. The van der Waals surface area contributed by atoms with Gasteiger partial charge in [0.15, 0.2) is 0 Å². The molecule has 1 amide bonds. The molecule has 1 aliphatic heterocycles. The molecule has 1 saturated heterocycles. The number of primary amides is 1. The molecule has 0 aromatic carbocycles. The SMILES string of the molecule is NCCC1CCCCN1c1ncccc1C(N)=O. The number of rotatable bonds is 4. The van der Waals surface area contributed by atoms with Crippen LogP contribution in [0.4, 0.5) is 5.82 Å². The molecule has 1 aliphatic rings. The number of anilines is 1. The second kappa shape index (κ2) is 5.82. The van der Waals surface area contributed by atoms with E-state index in [2.05, 4.69) is 9.88 Å². The number of carbonyl (C=O) groups is 1. The van der Waals surface area contributed by atoms with E-state index in [-0.39, 0.29) is 0 Å². The van der Waals surface area contributed by atoms with Crippen LogP contribution in [0.25, 0.3) is 0 Å². The minimum absolute atomic E-state index is 0.372. The first-order chi connectivity index (χ1) is 8.74. The summed E-state index contributed by atoms with van der Waals surface area (Å²) in [5, 5.41) is 0. The third kappa shape index (κ3) is 2.61. The third-order valence-corrected chi connectivity index (χ3v) is 3.45. The number of hydrogen-bond donors (Lipinski definition) is 2. The van der Waals surface area contributed by atoms with Crippen molar-refractivity contribution in [1.29, 1.82) is 0 Å². The summed E-state index contributed by atoms with van der Waals surface area (Å²) in [5.41, 5.74) is 11.6. The average molecular weight is 248 g/mol. The van der Waals surface area contributed by atoms with Gasteiger partial charge in [0, 0.05) is 18.8 Å². The lowest BCUT2D eigenvalue weighted by Crippen LogP contribution is -2.42. The molecule has 2 heterocycles. The molecule has 0 bridgehead atoms. The number of pyridine rings is 1. The summed E-state index contributed by atoms with van der Waals surface area (Å²) in [4.78, 5) is 18.0. The Hall–Kier alpha value is -1.62. The zero-order valence-corrected chi connectivity index (χ0v) is 10.5. The van der Waals surface area contributed by atoms with Crippen molar-refractivity contribution in [1.82, 2.24) is 4.98 Å². The van der Waals surface area contributed by atoms with Crippen molar-refractivity contribution < 1.29 is 4.79 Å². The van der Waals surface area contributed by atoms with Gasteiger partial charge in [-0.1, -0.05) is 0 Å². The molecule has 1 aromatic rings. The molecular weight excluding hydrogens is 228 g/mol. The lowest BCUT2D eigenvalue weighted by molar-refractivity contribution is 0.100. The van der Waals surface area contributed by atoms with E-state index in [0.29, 0.717) is 24.0 Å². The molecule has 5 nitrogen and oxygen atoms in total. The van der Waals surface area contributed by atoms with Crippen LogP contribution in [-0.4, -0.2) is 30.0 Å². The van der Waals surface area contributed by atoms with Gasteiger partial charge in [-0.15, -0.1) is 0 Å². The molecule has 0 radical (unpaired) electrons. The van der Waals surface area contributed by atoms with Crippen molar-refractivity contribution in [2.75, 3.05) is 18.0 Å². The van der Waals surface area contributed by atoms with E-state index in [4.69, 9.17) is 11.5 Å². The van der Waals surface area contributed by atoms with Crippen LogP contribution in [0, 0.1) is 0 Å². The maximum atomic E-state index is 11.5. The van der Waals surface area contributed by atoms with Crippen LogP contribution in [0.2, 0.25) is 0 Å². The minimum Gasteiger partial charge on any atom is -0.365 e. The van der Waals surface area contributed by atoms with Gasteiger partial charge in [0.2, 0.25) is 0 Å². The smallest absolute Gasteiger partial charge is 0.252 e. The van der Waals surface area contributed by atoms with Gasteiger partial charge >= 0.3 is 0 Å². The van der Waals surface area contributed by atoms with Crippen molar-refractivity contribution in [3.05, 3.63) is 23.9 Å². The fourth-order valence-corrected chi connectivity index (χ4v) is 2.59. The van der Waals surface area contributed by atoms with Crippen LogP contribution in [0.1, 0.15) is 36.0 Å². The molecule has 0 spiro atoms. The molecule has 2 rings (SSSR count). The summed E-state index contributed by atoms with van der Waals surface area (Å²) in [5.74, 6) is 0.290. The van der Waals surface area contributed by atoms with Gasteiger partial charge < -0.3 is 16.4 Å². The topological polar surface area (TPSA) is 85.2 Å². The quantitative estimate of drug-likeness (QED) is 0.828. The van der Waals surface area contributed by atoms with Gasteiger partial charge in [-0.05, 0) is 44.4 Å². The van der Waals surface area contributed by atoms with Gasteiger partial charge in [0.05, 0.1) is 5.56 Å². The Morgan fingerprint density at radius 1 is 1.50 bits per heavy atom. The van der Waals surface area contributed by atoms with E-state index in [9.17, 15) is 4.79 Å². The first-order valence-electron chi connectivity index (χ1n) is 6.45. The Morgan fingerprint density at radius 3 is 3.06 bits per heavy atom. The number of aromatic nitrogens is 1. The van der Waals surface area contributed by atoms with E-state index in [1.54, 1.807) is 18.3 Å². The molecule has 5 heteroatoms. The van der Waals surface area contributed by atoms with Crippen molar-refractivity contribution in [3.63, 3.8) is 0 Å². The van der Waals surface area contributed by atoms with Crippen molar-refractivity contribution in [3.8, 4) is 0 Å². The Morgan fingerprint density at radius 2 is 2.33 bits per heavy atom. The first-order valence-corrected chi connectivity index (χ1v) is 6.45. The standard InChI is InChI=1S/C13H20N4O/c14-7-6-10-4-1-2-9-17(10)13-11(12(15)18)5-3-8-16-13/h3,5,8,10H,1-2,4,6-7,9,14H2,(H2,15,18). The summed E-state index contributed by atoms with van der Waals surface area (Å²) in [6.45, 7) is 1.57. The van der Waals surface area contributed by atoms with Gasteiger partial charge in [-0.3, -0.25) is 4.79 Å². The lowest BCUT2D eigenvalue weighted by Gasteiger charge is -2.37. The molecule has 1 atom stereocenters. The molecule has 98 valence electrons. The third-order valence-electron chi connectivity index (χ3n) is 3.45. The highest BCUT2D eigenvalue weighted by Gasteiger charge is 2.25. The highest BCUT2D eigenvalue weighted by atomic mass is 16.1. The molecule has 0 saturated carbocycles. The second-order valence-electron chi connectivity index (χ2n) is 4.66. The second-order valence-corrected chi connectivity index (χ2v) is 4.66. The largest absolute Gasteiger partial charge is 0.365 e. The van der Waals surface area contributed by atoms with E-state index in [1.165, 1.54) is 6.42 Å². The molecule has 1 aromatic heterocycles. The fourth-order valence-electron chi connectivity index (χ4n) is 2.59. The summed E-state index contributed by atoms with van der Waals surface area (Å²) in [6.07, 6.45) is 6.06. The number of nitrogens with two attached hydrogens (primary N) is 2. The molecule has 1 fully saturated rings. The van der Waals surface area contributed by atoms with Crippen LogP contribution in [0.5, 0.6) is 0 Å². The summed E-state index contributed by atoms with van der Waals surface area (Å²) in [7, 11) is 0. The number of hydrogen-bond acceptors (Lipinski definition) is 4. The zero-order valence-electron chi connectivity index (χ0n) is 10.5. The van der Waals surface area contributed by atoms with Crippen LogP contribution >= 0.6 is 0 Å². The maximum absolute atomic E-state index is 11.5. The summed E-state index contributed by atoms with van der Waals surface area (Å²) in [6, 6.07) is 3.85. The van der Waals surface area contributed by atoms with Crippen molar-refractivity contribution in [2.24, 2.45) is 11.5 Å². The predicted molar refractivity (Wildman–Crippen MR) is 71.4 cm³/mol. The van der Waals surface area contributed by atoms with E-state index < -0.39 is 5.91 Å². The van der Waals surface area contributed by atoms with Gasteiger partial charge in [0.1, 0.15) is 5.82 Å². The normalized spacial score (nSPS) is 19.8. The molecule has 1 unspecified atom stereocenters. The first kappa shape index (κ1) is 12.8. The van der Waals surface area contributed by atoms with E-state index in [1.807, 2.05) is 0 Å². The van der Waals surface area contributed by atoms with E-state index in [0.717, 1.165) is 25.8 Å². The lowest BCUT2D eigenvalue weighted by atomic mass is 9.98. The Kier molecular flexibility index (Phi) is 4.15. The average Bonchev–Trinajstić information content (AvgIpc) is 2.40. The summed E-state index contributed by atoms with van der Waals surface area (Å²) >= 11 is 0. The maximum Gasteiger partial charge on any atom is 0.252 e. The van der Waals surface area contributed by atoms with E-state index >= 15 is 0 Å². The van der Waals surface area contributed by atoms with Crippen LogP contribution in [0.15, 0.2) is 18.3 Å². The van der Waals surface area contributed by atoms with Crippen LogP contribution < -0.4 is 16.4 Å². The Balaban J connectivity index is 2.30. The van der Waals surface area contributed by atoms with Crippen LogP contribution in [-0.2, 0) is 0 Å². The van der Waals surface area contributed by atoms with Crippen molar-refractivity contribution >= 4 is 11.7 Å². The number of piperidine rings is 1. The molecule has 0 aliphatic carbocycles. The Labute approximate surface area is 107 Å². The highest BCUT2D eigenvalue weighted by molar-refractivity contribution is 5.97. The van der Waals surface area contributed by atoms with Crippen molar-refractivity contribution in [2.45, 2.75) is 31.7 Å². The molecule has 18 heavy (non-hydrogen) atoms. The Bertz CT molecular complexity index is 419. The number of amides is 1. The highest BCUT2D eigenvalue weighted by Crippen LogP contribution is 2.27. The van der Waals surface area contributed by atoms with Gasteiger partial charge in [-0.25, -0.2) is 4.98 Å². The zero-order chi connectivity index (χ0) is 13.0. The van der Waals surface area contributed by atoms with Gasteiger partial charge in [-0.2, -0.15) is 0 Å². The molecule has 4 N–H and O–H groups in total. The molecular formula is C13H20N4O. The number of carbonyl (C=O) groups excluding carboxylic acids is 1. The minimum atomic E-state index is -0.421. The monoisotopic (exact) mass is 248 g/mol. The summed E-state index contributed by atoms with van der Waals surface area (Å²) < 4.78 is 0.